The van der Waals surface area contributed by atoms with Gasteiger partial charge in [-0.25, -0.2) is 9.59 Å². The summed E-state index contributed by atoms with van der Waals surface area (Å²) < 4.78 is 15.2. The van der Waals surface area contributed by atoms with Gasteiger partial charge in [-0.3, -0.25) is 4.79 Å². The van der Waals surface area contributed by atoms with E-state index in [1.807, 2.05) is 19.9 Å². The molecule has 26 heavy (non-hydrogen) atoms. The van der Waals surface area contributed by atoms with Crippen LogP contribution in [0.1, 0.15) is 33.3 Å². The lowest BCUT2D eigenvalue weighted by Crippen LogP contribution is -2.47. The number of nitrogens with one attached hydrogen (secondary N) is 1. The van der Waals surface area contributed by atoms with Gasteiger partial charge in [0.1, 0.15) is 5.75 Å². The van der Waals surface area contributed by atoms with Gasteiger partial charge in [0.2, 0.25) is 11.9 Å². The second-order valence-electron chi connectivity index (χ2n) is 5.52. The second kappa shape index (κ2) is 10.9. The van der Waals surface area contributed by atoms with Crippen LogP contribution in [0.3, 0.4) is 0 Å². The molecule has 1 N–H and O–H groups in total. The standard InChI is InChI=1S/C19H25NO6/c1-5-24-18(22)17(19(23)25-6-2)20-16(21)11-10-14-8-7-9-15(12-14)26-13(3)4/h7-13,17H,5-6H2,1-4H3,(H,20,21)/b11-10+. The number of benzene rings is 1. The van der Waals surface area contributed by atoms with Crippen molar-refractivity contribution in [3.8, 4) is 5.75 Å². The molecule has 0 saturated heterocycles. The number of carbonyl (C=O) groups excluding carboxylic acids is 3. The lowest BCUT2D eigenvalue weighted by Gasteiger charge is -2.14. The van der Waals surface area contributed by atoms with E-state index in [-0.39, 0.29) is 19.3 Å². The highest BCUT2D eigenvalue weighted by Crippen LogP contribution is 2.15. The molecule has 1 aromatic rings. The molecule has 0 aliphatic rings. The molecule has 0 radical (unpaired) electrons. The van der Waals surface area contributed by atoms with Crippen LogP contribution in [0.15, 0.2) is 30.3 Å². The maximum absolute atomic E-state index is 12.1. The van der Waals surface area contributed by atoms with Gasteiger partial charge in [0.05, 0.1) is 19.3 Å². The summed E-state index contributed by atoms with van der Waals surface area (Å²) in [6.45, 7) is 7.22. The van der Waals surface area contributed by atoms with Crippen molar-refractivity contribution in [1.29, 1.82) is 0 Å². The molecule has 1 amide bonds. The van der Waals surface area contributed by atoms with Gasteiger partial charge in [0.25, 0.3) is 0 Å². The third-order valence-corrected chi connectivity index (χ3v) is 2.99. The van der Waals surface area contributed by atoms with Crippen molar-refractivity contribution in [3.05, 3.63) is 35.9 Å². The van der Waals surface area contributed by atoms with Gasteiger partial charge >= 0.3 is 11.9 Å². The van der Waals surface area contributed by atoms with E-state index in [9.17, 15) is 14.4 Å². The Kier molecular flexibility index (Phi) is 8.91. The Bertz CT molecular complexity index is 635. The van der Waals surface area contributed by atoms with Crippen LogP contribution in [0.4, 0.5) is 0 Å². The van der Waals surface area contributed by atoms with Gasteiger partial charge in [-0.15, -0.1) is 0 Å². The summed E-state index contributed by atoms with van der Waals surface area (Å²) in [5.74, 6) is -1.66. The van der Waals surface area contributed by atoms with Gasteiger partial charge in [-0.2, -0.15) is 0 Å². The Balaban J connectivity index is 2.79. The lowest BCUT2D eigenvalue weighted by molar-refractivity contribution is -0.159. The van der Waals surface area contributed by atoms with Gasteiger partial charge in [0, 0.05) is 6.08 Å². The maximum Gasteiger partial charge on any atom is 0.340 e. The predicted octanol–water partition coefficient (Wildman–Crippen LogP) is 2.10. The Labute approximate surface area is 153 Å². The van der Waals surface area contributed by atoms with E-state index in [0.29, 0.717) is 5.75 Å². The molecule has 0 unspecified atom stereocenters. The van der Waals surface area contributed by atoms with Gasteiger partial charge in [-0.05, 0) is 51.5 Å². The zero-order chi connectivity index (χ0) is 19.5. The zero-order valence-corrected chi connectivity index (χ0v) is 15.5. The van der Waals surface area contributed by atoms with Crippen LogP contribution >= 0.6 is 0 Å². The molecular formula is C19H25NO6. The van der Waals surface area contributed by atoms with Crippen molar-refractivity contribution >= 4 is 23.9 Å². The third kappa shape index (κ3) is 7.38. The fourth-order valence-corrected chi connectivity index (χ4v) is 1.99. The summed E-state index contributed by atoms with van der Waals surface area (Å²) in [5.41, 5.74) is 0.738. The minimum Gasteiger partial charge on any atom is -0.491 e. The number of carbonyl (C=O) groups is 3. The minimum absolute atomic E-state index is 0.0347. The summed E-state index contributed by atoms with van der Waals surface area (Å²) in [5, 5.41) is 2.30. The molecular weight excluding hydrogens is 338 g/mol. The number of ether oxygens (including phenoxy) is 3. The van der Waals surface area contributed by atoms with E-state index in [1.165, 1.54) is 6.08 Å². The molecule has 0 atom stereocenters. The van der Waals surface area contributed by atoms with Crippen molar-refractivity contribution in [1.82, 2.24) is 5.32 Å². The Morgan fingerprint density at radius 2 is 1.69 bits per heavy atom. The molecule has 0 spiro atoms. The van der Waals surface area contributed by atoms with E-state index in [2.05, 4.69) is 5.32 Å². The highest BCUT2D eigenvalue weighted by molar-refractivity contribution is 6.04. The predicted molar refractivity (Wildman–Crippen MR) is 96.4 cm³/mol. The summed E-state index contributed by atoms with van der Waals surface area (Å²) in [6, 6.07) is 5.69. The van der Waals surface area contributed by atoms with Crippen LogP contribution < -0.4 is 10.1 Å². The molecule has 0 bridgehead atoms. The molecule has 0 aromatic heterocycles. The summed E-state index contributed by atoms with van der Waals surface area (Å²) >= 11 is 0. The number of amides is 1. The molecule has 0 heterocycles. The van der Waals surface area contributed by atoms with Gasteiger partial charge in [-0.1, -0.05) is 12.1 Å². The van der Waals surface area contributed by atoms with Gasteiger partial charge < -0.3 is 19.5 Å². The number of rotatable bonds is 9. The van der Waals surface area contributed by atoms with Crippen LogP contribution in [0.25, 0.3) is 6.08 Å². The second-order valence-corrected chi connectivity index (χ2v) is 5.52. The molecule has 0 saturated carbocycles. The van der Waals surface area contributed by atoms with E-state index in [4.69, 9.17) is 14.2 Å². The fourth-order valence-electron chi connectivity index (χ4n) is 1.99. The van der Waals surface area contributed by atoms with Crippen LogP contribution in [0.5, 0.6) is 5.75 Å². The smallest absolute Gasteiger partial charge is 0.340 e. The van der Waals surface area contributed by atoms with Crippen molar-refractivity contribution in [3.63, 3.8) is 0 Å². The highest BCUT2D eigenvalue weighted by Gasteiger charge is 2.30. The first-order chi connectivity index (χ1) is 12.4. The number of hydrogen-bond donors (Lipinski definition) is 1. The lowest BCUT2D eigenvalue weighted by atomic mass is 10.2. The third-order valence-electron chi connectivity index (χ3n) is 2.99. The topological polar surface area (TPSA) is 90.9 Å². The van der Waals surface area contributed by atoms with Crippen LogP contribution in [-0.2, 0) is 23.9 Å². The van der Waals surface area contributed by atoms with Gasteiger partial charge in [0.15, 0.2) is 0 Å². The molecule has 7 heteroatoms. The maximum atomic E-state index is 12.1. The van der Waals surface area contributed by atoms with E-state index in [1.54, 1.807) is 38.1 Å². The largest absolute Gasteiger partial charge is 0.491 e. The van der Waals surface area contributed by atoms with Crippen LogP contribution in [0, 0.1) is 0 Å². The van der Waals surface area contributed by atoms with Crippen LogP contribution in [-0.4, -0.2) is 43.2 Å². The number of esters is 2. The zero-order valence-electron chi connectivity index (χ0n) is 15.5. The first-order valence-corrected chi connectivity index (χ1v) is 8.45. The Morgan fingerprint density at radius 1 is 1.08 bits per heavy atom. The molecule has 0 aliphatic carbocycles. The highest BCUT2D eigenvalue weighted by atomic mass is 16.6. The molecule has 1 rings (SSSR count). The first-order valence-electron chi connectivity index (χ1n) is 8.45. The first kappa shape index (κ1) is 21.2. The average molecular weight is 363 g/mol. The summed E-state index contributed by atoms with van der Waals surface area (Å²) in [6.07, 6.45) is 2.81. The quantitative estimate of drug-likeness (QED) is 0.410. The van der Waals surface area contributed by atoms with Crippen molar-refractivity contribution < 1.29 is 28.6 Å². The van der Waals surface area contributed by atoms with Crippen molar-refractivity contribution in [2.45, 2.75) is 39.8 Å². The monoisotopic (exact) mass is 363 g/mol. The summed E-state index contributed by atoms with van der Waals surface area (Å²) in [7, 11) is 0. The average Bonchev–Trinajstić information content (AvgIpc) is 2.58. The van der Waals surface area contributed by atoms with Crippen LogP contribution in [0.2, 0.25) is 0 Å². The molecule has 0 fully saturated rings. The SMILES string of the molecule is CCOC(=O)C(NC(=O)/C=C/c1cccc(OC(C)C)c1)C(=O)OCC. The van der Waals surface area contributed by atoms with E-state index >= 15 is 0 Å². The summed E-state index contributed by atoms with van der Waals surface area (Å²) in [4.78, 5) is 35.7. The molecule has 0 aliphatic heterocycles. The Morgan fingerprint density at radius 3 is 2.23 bits per heavy atom. The van der Waals surface area contributed by atoms with Crippen molar-refractivity contribution in [2.75, 3.05) is 13.2 Å². The molecule has 142 valence electrons. The number of hydrogen-bond acceptors (Lipinski definition) is 6. The molecule has 7 nitrogen and oxygen atoms in total. The van der Waals surface area contributed by atoms with Crippen molar-refractivity contribution in [2.24, 2.45) is 0 Å². The van der Waals surface area contributed by atoms with E-state index in [0.717, 1.165) is 5.56 Å². The van der Waals surface area contributed by atoms with E-state index < -0.39 is 23.9 Å². The normalized spacial score (nSPS) is 10.8. The molecule has 1 aromatic carbocycles. The fraction of sp³-hybridized carbons (Fsp3) is 0.421. The minimum atomic E-state index is -1.50. The Hall–Kier alpha value is -2.83.